The summed E-state index contributed by atoms with van der Waals surface area (Å²) in [6, 6.07) is 3.85. The highest BCUT2D eigenvalue weighted by Crippen LogP contribution is 2.20. The van der Waals surface area contributed by atoms with Crippen LogP contribution in [-0.2, 0) is 16.0 Å². The van der Waals surface area contributed by atoms with E-state index in [4.69, 9.17) is 9.84 Å². The SMILES string of the molecule is CCCC[C@H](NC(=O)CCc1cccc(OC)c1F)C(=O)O. The van der Waals surface area contributed by atoms with Crippen LogP contribution < -0.4 is 10.1 Å². The zero-order valence-electron chi connectivity index (χ0n) is 12.9. The maximum Gasteiger partial charge on any atom is 0.326 e. The molecule has 2 N–H and O–H groups in total. The van der Waals surface area contributed by atoms with Crippen LogP contribution in [0.15, 0.2) is 18.2 Å². The largest absolute Gasteiger partial charge is 0.494 e. The number of amides is 1. The first-order chi connectivity index (χ1) is 10.5. The predicted octanol–water partition coefficient (Wildman–Crippen LogP) is 2.53. The number of hydrogen-bond acceptors (Lipinski definition) is 3. The van der Waals surface area contributed by atoms with Crippen LogP contribution >= 0.6 is 0 Å². The monoisotopic (exact) mass is 311 g/mol. The number of aliphatic carboxylic acids is 1. The van der Waals surface area contributed by atoms with Gasteiger partial charge in [0.25, 0.3) is 0 Å². The molecule has 6 heteroatoms. The summed E-state index contributed by atoms with van der Waals surface area (Å²) in [5.74, 6) is -1.80. The maximum atomic E-state index is 13.9. The topological polar surface area (TPSA) is 75.6 Å². The molecule has 0 fully saturated rings. The molecule has 1 amide bonds. The summed E-state index contributed by atoms with van der Waals surface area (Å²) < 4.78 is 18.8. The number of benzene rings is 1. The van der Waals surface area contributed by atoms with Crippen LogP contribution in [0.2, 0.25) is 0 Å². The van der Waals surface area contributed by atoms with Gasteiger partial charge in [-0.25, -0.2) is 9.18 Å². The number of methoxy groups -OCH3 is 1. The molecule has 0 spiro atoms. The van der Waals surface area contributed by atoms with Gasteiger partial charge in [0.15, 0.2) is 11.6 Å². The number of unbranched alkanes of at least 4 members (excludes halogenated alkanes) is 1. The van der Waals surface area contributed by atoms with Crippen LogP contribution in [0.3, 0.4) is 0 Å². The number of nitrogens with one attached hydrogen (secondary N) is 1. The average molecular weight is 311 g/mol. The number of halogens is 1. The quantitative estimate of drug-likeness (QED) is 0.735. The summed E-state index contributed by atoms with van der Waals surface area (Å²) in [5, 5.41) is 11.5. The fourth-order valence-corrected chi connectivity index (χ4v) is 2.09. The molecule has 0 aromatic heterocycles. The molecule has 0 heterocycles. The molecule has 1 atom stereocenters. The van der Waals surface area contributed by atoms with Crippen molar-refractivity contribution < 1.29 is 23.8 Å². The Hall–Kier alpha value is -2.11. The van der Waals surface area contributed by atoms with E-state index in [-0.39, 0.29) is 18.6 Å². The van der Waals surface area contributed by atoms with Gasteiger partial charge in [-0.05, 0) is 24.5 Å². The molecule has 1 aromatic rings. The van der Waals surface area contributed by atoms with E-state index in [1.54, 1.807) is 12.1 Å². The van der Waals surface area contributed by atoms with Gasteiger partial charge in [0.2, 0.25) is 5.91 Å². The molecule has 0 saturated heterocycles. The molecule has 5 nitrogen and oxygen atoms in total. The summed E-state index contributed by atoms with van der Waals surface area (Å²) in [5.41, 5.74) is 0.370. The highest BCUT2D eigenvalue weighted by Gasteiger charge is 2.19. The van der Waals surface area contributed by atoms with Crippen molar-refractivity contribution in [2.75, 3.05) is 7.11 Å². The highest BCUT2D eigenvalue weighted by atomic mass is 19.1. The second-order valence-corrected chi connectivity index (χ2v) is 5.03. The molecular weight excluding hydrogens is 289 g/mol. The van der Waals surface area contributed by atoms with Gasteiger partial charge in [0.05, 0.1) is 7.11 Å². The molecule has 0 radical (unpaired) electrons. The van der Waals surface area contributed by atoms with Gasteiger partial charge in [-0.15, -0.1) is 0 Å². The first-order valence-corrected chi connectivity index (χ1v) is 7.33. The van der Waals surface area contributed by atoms with Crippen molar-refractivity contribution in [3.05, 3.63) is 29.6 Å². The minimum absolute atomic E-state index is 0.0278. The first kappa shape index (κ1) is 17.9. The number of carboxylic acids is 1. The van der Waals surface area contributed by atoms with E-state index in [0.29, 0.717) is 12.0 Å². The van der Waals surface area contributed by atoms with Gasteiger partial charge >= 0.3 is 5.97 Å². The number of ether oxygens (including phenoxy) is 1. The number of carboxylic acid groups (broad SMARTS) is 1. The van der Waals surface area contributed by atoms with E-state index >= 15 is 0 Å². The van der Waals surface area contributed by atoms with Crippen molar-refractivity contribution in [3.8, 4) is 5.75 Å². The van der Waals surface area contributed by atoms with E-state index < -0.39 is 23.7 Å². The van der Waals surface area contributed by atoms with E-state index in [1.807, 2.05) is 6.92 Å². The minimum Gasteiger partial charge on any atom is -0.494 e. The molecule has 0 aliphatic carbocycles. The number of carbonyl (C=O) groups excluding carboxylic acids is 1. The van der Waals surface area contributed by atoms with Crippen LogP contribution in [0.25, 0.3) is 0 Å². The van der Waals surface area contributed by atoms with E-state index in [9.17, 15) is 14.0 Å². The number of hydrogen-bond donors (Lipinski definition) is 2. The smallest absolute Gasteiger partial charge is 0.326 e. The van der Waals surface area contributed by atoms with Crippen LogP contribution in [-0.4, -0.2) is 30.1 Å². The fraction of sp³-hybridized carbons (Fsp3) is 0.500. The lowest BCUT2D eigenvalue weighted by Gasteiger charge is -2.14. The lowest BCUT2D eigenvalue weighted by Crippen LogP contribution is -2.40. The van der Waals surface area contributed by atoms with Gasteiger partial charge in [0, 0.05) is 6.42 Å². The van der Waals surface area contributed by atoms with Gasteiger partial charge in [-0.2, -0.15) is 0 Å². The van der Waals surface area contributed by atoms with Crippen molar-refractivity contribution >= 4 is 11.9 Å². The average Bonchev–Trinajstić information content (AvgIpc) is 2.50. The molecule has 0 bridgehead atoms. The first-order valence-electron chi connectivity index (χ1n) is 7.33. The second kappa shape index (κ2) is 9.02. The minimum atomic E-state index is -1.05. The summed E-state index contributed by atoms with van der Waals surface area (Å²) >= 11 is 0. The molecule has 0 saturated carbocycles. The lowest BCUT2D eigenvalue weighted by atomic mass is 10.1. The second-order valence-electron chi connectivity index (χ2n) is 5.03. The number of carbonyl (C=O) groups is 2. The van der Waals surface area contributed by atoms with E-state index in [2.05, 4.69) is 5.32 Å². The molecule has 1 rings (SSSR count). The van der Waals surface area contributed by atoms with Gasteiger partial charge in [0.1, 0.15) is 6.04 Å². The number of aryl methyl sites for hydroxylation is 1. The van der Waals surface area contributed by atoms with Crippen molar-refractivity contribution in [1.82, 2.24) is 5.32 Å². The van der Waals surface area contributed by atoms with Crippen LogP contribution in [0, 0.1) is 5.82 Å². The molecule has 1 aromatic carbocycles. The summed E-state index contributed by atoms with van der Waals surface area (Å²) in [4.78, 5) is 22.9. The summed E-state index contributed by atoms with van der Waals surface area (Å²) in [7, 11) is 1.38. The van der Waals surface area contributed by atoms with Crippen molar-refractivity contribution in [2.24, 2.45) is 0 Å². The Labute approximate surface area is 129 Å². The van der Waals surface area contributed by atoms with Gasteiger partial charge < -0.3 is 15.2 Å². The third-order valence-corrected chi connectivity index (χ3v) is 3.36. The molecule has 0 unspecified atom stereocenters. The Morgan fingerprint density at radius 2 is 2.14 bits per heavy atom. The summed E-state index contributed by atoms with van der Waals surface area (Å²) in [6.07, 6.45) is 2.19. The van der Waals surface area contributed by atoms with Crippen molar-refractivity contribution in [1.29, 1.82) is 0 Å². The summed E-state index contributed by atoms with van der Waals surface area (Å²) in [6.45, 7) is 1.95. The van der Waals surface area contributed by atoms with Gasteiger partial charge in [-0.3, -0.25) is 4.79 Å². The Kier molecular flexibility index (Phi) is 7.36. The molecule has 22 heavy (non-hydrogen) atoms. The number of rotatable bonds is 9. The third kappa shape index (κ3) is 5.35. The fourth-order valence-electron chi connectivity index (χ4n) is 2.09. The third-order valence-electron chi connectivity index (χ3n) is 3.36. The molecule has 0 aliphatic rings. The Balaban J connectivity index is 2.56. The van der Waals surface area contributed by atoms with E-state index in [0.717, 1.165) is 12.8 Å². The Bertz CT molecular complexity index is 519. The van der Waals surface area contributed by atoms with Crippen LogP contribution in [0.5, 0.6) is 5.75 Å². The van der Waals surface area contributed by atoms with Crippen molar-refractivity contribution in [2.45, 2.75) is 45.1 Å². The van der Waals surface area contributed by atoms with Gasteiger partial charge in [-0.1, -0.05) is 31.9 Å². The standard InChI is InChI=1S/C16H22FNO4/c1-3-4-7-12(16(20)21)18-14(19)10-9-11-6-5-8-13(22-2)15(11)17/h5-6,8,12H,3-4,7,9-10H2,1-2H3,(H,18,19)(H,20,21)/t12-/m0/s1. The normalized spacial score (nSPS) is 11.8. The molecule has 0 aliphatic heterocycles. The van der Waals surface area contributed by atoms with Crippen LogP contribution in [0.4, 0.5) is 4.39 Å². The molecular formula is C16H22FNO4. The highest BCUT2D eigenvalue weighted by molar-refractivity contribution is 5.83. The van der Waals surface area contributed by atoms with E-state index in [1.165, 1.54) is 13.2 Å². The molecule has 122 valence electrons. The predicted molar refractivity (Wildman–Crippen MR) is 80.4 cm³/mol. The lowest BCUT2D eigenvalue weighted by molar-refractivity contribution is -0.142. The van der Waals surface area contributed by atoms with Crippen molar-refractivity contribution in [3.63, 3.8) is 0 Å². The Morgan fingerprint density at radius 1 is 1.41 bits per heavy atom. The zero-order valence-corrected chi connectivity index (χ0v) is 12.9. The maximum absolute atomic E-state index is 13.9. The Morgan fingerprint density at radius 3 is 2.73 bits per heavy atom. The van der Waals surface area contributed by atoms with Crippen LogP contribution in [0.1, 0.15) is 38.2 Å². The zero-order chi connectivity index (χ0) is 16.5.